The highest BCUT2D eigenvalue weighted by molar-refractivity contribution is 5.38. The summed E-state index contributed by atoms with van der Waals surface area (Å²) in [6, 6.07) is 2.03. The average Bonchev–Trinajstić information content (AvgIpc) is 2.58. The van der Waals surface area contributed by atoms with Gasteiger partial charge in [-0.1, -0.05) is 6.42 Å². The molecule has 4 rings (SSSR count). The van der Waals surface area contributed by atoms with Crippen LogP contribution >= 0.6 is 0 Å². The second kappa shape index (κ2) is 6.94. The van der Waals surface area contributed by atoms with Crippen LogP contribution in [0.2, 0.25) is 0 Å². The van der Waals surface area contributed by atoms with Gasteiger partial charge in [0.25, 0.3) is 5.56 Å². The highest BCUT2D eigenvalue weighted by atomic mass is 16.1. The SMILES string of the molecule is Cc1cncn(CC2CCN(c3ccnc(C4CCC4)n3)CC2)c1=O. The van der Waals surface area contributed by atoms with E-state index in [2.05, 4.69) is 14.9 Å². The van der Waals surface area contributed by atoms with E-state index >= 15 is 0 Å². The summed E-state index contributed by atoms with van der Waals surface area (Å²) >= 11 is 0. The minimum absolute atomic E-state index is 0.0818. The zero-order chi connectivity index (χ0) is 17.2. The molecule has 132 valence electrons. The van der Waals surface area contributed by atoms with Crippen LogP contribution in [0.1, 0.15) is 49.4 Å². The van der Waals surface area contributed by atoms with Crippen LogP contribution in [-0.2, 0) is 6.54 Å². The second-order valence-corrected chi connectivity index (χ2v) is 7.37. The Morgan fingerprint density at radius 3 is 2.72 bits per heavy atom. The van der Waals surface area contributed by atoms with Gasteiger partial charge in [-0.2, -0.15) is 0 Å². The summed E-state index contributed by atoms with van der Waals surface area (Å²) in [5, 5.41) is 0. The van der Waals surface area contributed by atoms with E-state index in [1.54, 1.807) is 17.1 Å². The van der Waals surface area contributed by atoms with Crippen molar-refractivity contribution in [2.45, 2.75) is 51.5 Å². The molecule has 0 aromatic carbocycles. The summed E-state index contributed by atoms with van der Waals surface area (Å²) < 4.78 is 1.76. The summed E-state index contributed by atoms with van der Waals surface area (Å²) in [4.78, 5) is 27.9. The maximum Gasteiger partial charge on any atom is 0.256 e. The predicted octanol–water partition coefficient (Wildman–Crippen LogP) is 2.53. The number of piperidine rings is 1. The largest absolute Gasteiger partial charge is 0.356 e. The van der Waals surface area contributed by atoms with Crippen LogP contribution in [0.3, 0.4) is 0 Å². The van der Waals surface area contributed by atoms with Gasteiger partial charge in [-0.3, -0.25) is 9.36 Å². The Hall–Kier alpha value is -2.24. The molecule has 0 atom stereocenters. The quantitative estimate of drug-likeness (QED) is 0.856. The molecule has 1 saturated heterocycles. The fourth-order valence-corrected chi connectivity index (χ4v) is 3.72. The van der Waals surface area contributed by atoms with Gasteiger partial charge in [-0.15, -0.1) is 0 Å². The van der Waals surface area contributed by atoms with Crippen LogP contribution < -0.4 is 10.5 Å². The Bertz CT molecular complexity index is 790. The highest BCUT2D eigenvalue weighted by Crippen LogP contribution is 2.35. The summed E-state index contributed by atoms with van der Waals surface area (Å²) in [6.45, 7) is 4.56. The third-order valence-corrected chi connectivity index (χ3v) is 5.60. The Balaban J connectivity index is 1.38. The van der Waals surface area contributed by atoms with Crippen molar-refractivity contribution in [1.29, 1.82) is 0 Å². The second-order valence-electron chi connectivity index (χ2n) is 7.37. The fraction of sp³-hybridized carbons (Fsp3) is 0.579. The van der Waals surface area contributed by atoms with Gasteiger partial charge in [0.1, 0.15) is 11.6 Å². The molecule has 6 nitrogen and oxygen atoms in total. The summed E-state index contributed by atoms with van der Waals surface area (Å²) in [7, 11) is 0. The number of rotatable bonds is 4. The molecule has 1 saturated carbocycles. The lowest BCUT2D eigenvalue weighted by Crippen LogP contribution is -2.37. The maximum absolute atomic E-state index is 12.2. The van der Waals surface area contributed by atoms with E-state index in [1.807, 2.05) is 19.2 Å². The van der Waals surface area contributed by atoms with Crippen molar-refractivity contribution in [3.8, 4) is 0 Å². The molecule has 2 fully saturated rings. The van der Waals surface area contributed by atoms with Crippen molar-refractivity contribution in [2.24, 2.45) is 5.92 Å². The van der Waals surface area contributed by atoms with Crippen LogP contribution in [0.25, 0.3) is 0 Å². The molecule has 0 spiro atoms. The van der Waals surface area contributed by atoms with Crippen LogP contribution in [0.15, 0.2) is 29.6 Å². The van der Waals surface area contributed by atoms with Crippen molar-refractivity contribution in [3.05, 3.63) is 46.5 Å². The molecular weight excluding hydrogens is 314 g/mol. The first-order chi connectivity index (χ1) is 12.2. The number of aromatic nitrogens is 4. The minimum Gasteiger partial charge on any atom is -0.356 e. The monoisotopic (exact) mass is 339 g/mol. The number of nitrogens with zero attached hydrogens (tertiary/aromatic N) is 5. The minimum atomic E-state index is 0.0818. The third kappa shape index (κ3) is 3.43. The molecule has 6 heteroatoms. The lowest BCUT2D eigenvalue weighted by molar-refractivity contribution is 0.349. The molecule has 1 aliphatic heterocycles. The van der Waals surface area contributed by atoms with Crippen molar-refractivity contribution in [1.82, 2.24) is 19.5 Å². The van der Waals surface area contributed by atoms with E-state index in [0.717, 1.165) is 44.1 Å². The molecule has 0 unspecified atom stereocenters. The van der Waals surface area contributed by atoms with Gasteiger partial charge in [0.05, 0.1) is 6.33 Å². The standard InChI is InChI=1S/C19H25N5O/c1-14-11-20-13-24(19(14)25)12-15-6-9-23(10-7-15)17-5-8-21-18(22-17)16-3-2-4-16/h5,8,11,13,15-16H,2-4,6-7,9-10,12H2,1H3. The summed E-state index contributed by atoms with van der Waals surface area (Å²) in [6.07, 6.45) is 11.1. The average molecular weight is 339 g/mol. The van der Waals surface area contributed by atoms with Crippen LogP contribution in [-0.4, -0.2) is 32.6 Å². The van der Waals surface area contributed by atoms with Crippen LogP contribution in [0.4, 0.5) is 5.82 Å². The molecule has 2 aromatic heterocycles. The normalized spacial score (nSPS) is 19.0. The van der Waals surface area contributed by atoms with Gasteiger partial charge >= 0.3 is 0 Å². The Morgan fingerprint density at radius 1 is 1.20 bits per heavy atom. The number of anilines is 1. The lowest BCUT2D eigenvalue weighted by Gasteiger charge is -2.33. The highest BCUT2D eigenvalue weighted by Gasteiger charge is 2.25. The first-order valence-electron chi connectivity index (χ1n) is 9.29. The van der Waals surface area contributed by atoms with Gasteiger partial charge in [0, 0.05) is 43.5 Å². The summed E-state index contributed by atoms with van der Waals surface area (Å²) in [5.74, 6) is 3.16. The zero-order valence-corrected chi connectivity index (χ0v) is 14.8. The first-order valence-corrected chi connectivity index (χ1v) is 9.29. The van der Waals surface area contributed by atoms with Gasteiger partial charge in [-0.05, 0) is 44.6 Å². The smallest absolute Gasteiger partial charge is 0.256 e. The molecule has 0 N–H and O–H groups in total. The molecule has 2 aliphatic rings. The molecule has 0 amide bonds. The molecule has 3 heterocycles. The molecule has 0 radical (unpaired) electrons. The van der Waals surface area contributed by atoms with Crippen molar-refractivity contribution in [3.63, 3.8) is 0 Å². The fourth-order valence-electron chi connectivity index (χ4n) is 3.72. The van der Waals surface area contributed by atoms with Crippen molar-refractivity contribution >= 4 is 5.82 Å². The maximum atomic E-state index is 12.2. The topological polar surface area (TPSA) is 63.9 Å². The van der Waals surface area contributed by atoms with Gasteiger partial charge in [-0.25, -0.2) is 15.0 Å². The number of hydrogen-bond donors (Lipinski definition) is 0. The van der Waals surface area contributed by atoms with Crippen molar-refractivity contribution < 1.29 is 0 Å². The van der Waals surface area contributed by atoms with E-state index < -0.39 is 0 Å². The summed E-state index contributed by atoms with van der Waals surface area (Å²) in [5.41, 5.74) is 0.794. The van der Waals surface area contributed by atoms with Crippen LogP contribution in [0, 0.1) is 12.8 Å². The van der Waals surface area contributed by atoms with E-state index in [4.69, 9.17) is 4.98 Å². The molecule has 1 aliphatic carbocycles. The Morgan fingerprint density at radius 2 is 2.00 bits per heavy atom. The zero-order valence-electron chi connectivity index (χ0n) is 14.8. The third-order valence-electron chi connectivity index (χ3n) is 5.60. The lowest BCUT2D eigenvalue weighted by atomic mass is 9.85. The molecular formula is C19H25N5O. The molecule has 0 bridgehead atoms. The van der Waals surface area contributed by atoms with Gasteiger partial charge in [0.2, 0.25) is 0 Å². The van der Waals surface area contributed by atoms with E-state index in [0.29, 0.717) is 17.4 Å². The van der Waals surface area contributed by atoms with Gasteiger partial charge in [0.15, 0.2) is 0 Å². The first kappa shape index (κ1) is 16.2. The Labute approximate surface area is 148 Å². The number of aryl methyl sites for hydroxylation is 1. The van der Waals surface area contributed by atoms with Crippen molar-refractivity contribution in [2.75, 3.05) is 18.0 Å². The molecule has 2 aromatic rings. The van der Waals surface area contributed by atoms with E-state index in [1.165, 1.54) is 19.3 Å². The Kier molecular flexibility index (Phi) is 4.51. The van der Waals surface area contributed by atoms with Crippen LogP contribution in [0.5, 0.6) is 0 Å². The predicted molar refractivity (Wildman–Crippen MR) is 96.8 cm³/mol. The van der Waals surface area contributed by atoms with E-state index in [-0.39, 0.29) is 5.56 Å². The molecule has 25 heavy (non-hydrogen) atoms. The van der Waals surface area contributed by atoms with Gasteiger partial charge < -0.3 is 4.90 Å². The van der Waals surface area contributed by atoms with E-state index in [9.17, 15) is 4.79 Å². The number of hydrogen-bond acceptors (Lipinski definition) is 5.